The number of rotatable bonds is 2. The fraction of sp³-hybridized carbons (Fsp3) is 0.385. The van der Waals surface area contributed by atoms with Gasteiger partial charge in [-0.25, -0.2) is 4.79 Å². The normalized spacial score (nSPS) is 19.1. The number of likely N-dealkylation sites (tertiary alicyclic amines) is 1. The molecular weight excluding hydrogens is 232 g/mol. The van der Waals surface area contributed by atoms with Crippen LogP contribution in [-0.4, -0.2) is 44.9 Å². The van der Waals surface area contributed by atoms with Gasteiger partial charge in [-0.15, -0.1) is 0 Å². The maximum atomic E-state index is 10.8. The minimum absolute atomic E-state index is 0.364. The number of carbonyl (C=O) groups is 1. The van der Waals surface area contributed by atoms with Crippen LogP contribution in [-0.2, 0) is 0 Å². The molecule has 2 N–H and O–H groups in total. The van der Waals surface area contributed by atoms with Gasteiger partial charge in [-0.3, -0.25) is 4.98 Å². The van der Waals surface area contributed by atoms with Gasteiger partial charge in [0.25, 0.3) is 0 Å². The van der Waals surface area contributed by atoms with Crippen molar-refractivity contribution in [3.63, 3.8) is 0 Å². The molecule has 0 atom stereocenters. The van der Waals surface area contributed by atoms with Gasteiger partial charge in [-0.05, 0) is 24.5 Å². The molecule has 0 aliphatic carbocycles. The highest BCUT2D eigenvalue weighted by Gasteiger charge is 2.31. The van der Waals surface area contributed by atoms with Gasteiger partial charge in [0, 0.05) is 25.5 Å². The Labute approximate surface area is 105 Å². The van der Waals surface area contributed by atoms with Crippen LogP contribution in [0.4, 0.5) is 4.79 Å². The van der Waals surface area contributed by atoms with Crippen LogP contribution < -0.4 is 0 Å². The summed E-state index contributed by atoms with van der Waals surface area (Å²) in [6.45, 7) is 0.729. The van der Waals surface area contributed by atoms with Crippen molar-refractivity contribution < 1.29 is 15.0 Å². The lowest BCUT2D eigenvalue weighted by Crippen LogP contribution is -2.45. The monoisotopic (exact) mass is 248 g/mol. The third kappa shape index (κ3) is 3.07. The van der Waals surface area contributed by atoms with Gasteiger partial charge in [0.1, 0.15) is 0 Å². The molecular formula is C13H16N2O3. The van der Waals surface area contributed by atoms with Crippen LogP contribution in [0.5, 0.6) is 0 Å². The predicted molar refractivity (Wildman–Crippen MR) is 67.1 cm³/mol. The average molecular weight is 248 g/mol. The first-order chi connectivity index (χ1) is 8.59. The van der Waals surface area contributed by atoms with Gasteiger partial charge >= 0.3 is 6.09 Å². The molecule has 1 saturated heterocycles. The molecule has 18 heavy (non-hydrogen) atoms. The van der Waals surface area contributed by atoms with E-state index in [2.05, 4.69) is 4.98 Å². The van der Waals surface area contributed by atoms with E-state index in [-0.39, 0.29) is 0 Å². The molecule has 2 rings (SSSR count). The number of aromatic nitrogens is 1. The van der Waals surface area contributed by atoms with Crippen molar-refractivity contribution >= 4 is 12.2 Å². The van der Waals surface area contributed by atoms with E-state index in [9.17, 15) is 9.90 Å². The highest BCUT2D eigenvalue weighted by Crippen LogP contribution is 2.24. The van der Waals surface area contributed by atoms with Crippen LogP contribution in [0.1, 0.15) is 18.4 Å². The fourth-order valence-electron chi connectivity index (χ4n) is 1.98. The van der Waals surface area contributed by atoms with Crippen LogP contribution >= 0.6 is 0 Å². The zero-order chi connectivity index (χ0) is 13.0. The number of nitrogens with zero attached hydrogens (tertiary/aromatic N) is 2. The van der Waals surface area contributed by atoms with Gasteiger partial charge in [-0.1, -0.05) is 18.2 Å². The van der Waals surface area contributed by atoms with Crippen LogP contribution in [0.25, 0.3) is 6.08 Å². The maximum Gasteiger partial charge on any atom is 0.407 e. The topological polar surface area (TPSA) is 73.7 Å². The fourth-order valence-corrected chi connectivity index (χ4v) is 1.98. The minimum atomic E-state index is -0.923. The molecule has 0 spiro atoms. The Morgan fingerprint density at radius 1 is 1.44 bits per heavy atom. The maximum absolute atomic E-state index is 10.8. The Kier molecular flexibility index (Phi) is 3.62. The summed E-state index contributed by atoms with van der Waals surface area (Å²) in [5, 5.41) is 19.1. The summed E-state index contributed by atoms with van der Waals surface area (Å²) >= 11 is 0. The summed E-state index contributed by atoms with van der Waals surface area (Å²) in [6.07, 6.45) is 6.90. The highest BCUT2D eigenvalue weighted by atomic mass is 16.4. The molecule has 1 aromatic heterocycles. The molecule has 0 unspecified atom stereocenters. The molecule has 0 saturated carbocycles. The highest BCUT2D eigenvalue weighted by molar-refractivity contribution is 5.65. The number of amides is 1. The lowest BCUT2D eigenvalue weighted by Gasteiger charge is -2.34. The summed E-state index contributed by atoms with van der Waals surface area (Å²) in [7, 11) is 0. The van der Waals surface area contributed by atoms with E-state index < -0.39 is 11.7 Å². The van der Waals surface area contributed by atoms with E-state index in [0.717, 1.165) is 5.56 Å². The molecule has 1 aliphatic rings. The number of piperidine rings is 1. The molecule has 2 heterocycles. The molecule has 1 amide bonds. The number of carboxylic acid groups (broad SMARTS) is 1. The van der Waals surface area contributed by atoms with Crippen LogP contribution in [0.15, 0.2) is 30.6 Å². The van der Waals surface area contributed by atoms with Gasteiger partial charge in [0.15, 0.2) is 0 Å². The first kappa shape index (κ1) is 12.6. The number of hydrogen-bond donors (Lipinski definition) is 2. The summed E-state index contributed by atoms with van der Waals surface area (Å²) in [5.41, 5.74) is 0.00788. The quantitative estimate of drug-likeness (QED) is 0.833. The van der Waals surface area contributed by atoms with Gasteiger partial charge in [-0.2, -0.15) is 0 Å². The minimum Gasteiger partial charge on any atom is -0.465 e. The van der Waals surface area contributed by atoms with Crippen molar-refractivity contribution in [3.8, 4) is 0 Å². The van der Waals surface area contributed by atoms with Crippen molar-refractivity contribution in [2.24, 2.45) is 0 Å². The molecule has 1 aliphatic heterocycles. The van der Waals surface area contributed by atoms with Gasteiger partial charge in [0.05, 0.1) is 5.60 Å². The molecule has 1 fully saturated rings. The largest absolute Gasteiger partial charge is 0.465 e. The van der Waals surface area contributed by atoms with Crippen LogP contribution in [0.3, 0.4) is 0 Å². The Morgan fingerprint density at radius 3 is 2.72 bits per heavy atom. The molecule has 0 bridgehead atoms. The summed E-state index contributed by atoms with van der Waals surface area (Å²) < 4.78 is 0. The van der Waals surface area contributed by atoms with Crippen molar-refractivity contribution in [1.29, 1.82) is 0 Å². The zero-order valence-electron chi connectivity index (χ0n) is 9.99. The van der Waals surface area contributed by atoms with E-state index >= 15 is 0 Å². The number of hydrogen-bond acceptors (Lipinski definition) is 3. The smallest absolute Gasteiger partial charge is 0.407 e. The first-order valence-corrected chi connectivity index (χ1v) is 5.89. The Morgan fingerprint density at radius 2 is 2.17 bits per heavy atom. The second-order valence-electron chi connectivity index (χ2n) is 4.49. The van der Waals surface area contributed by atoms with E-state index in [4.69, 9.17) is 5.11 Å². The molecule has 96 valence electrons. The van der Waals surface area contributed by atoms with Gasteiger partial charge < -0.3 is 15.1 Å². The molecule has 0 aromatic carbocycles. The van der Waals surface area contributed by atoms with E-state index in [1.165, 1.54) is 4.90 Å². The van der Waals surface area contributed by atoms with E-state index in [1.807, 2.05) is 18.2 Å². The summed E-state index contributed by atoms with van der Waals surface area (Å²) in [4.78, 5) is 16.1. The van der Waals surface area contributed by atoms with Gasteiger partial charge in [0.2, 0.25) is 0 Å². The molecule has 1 aromatic rings. The lowest BCUT2D eigenvalue weighted by molar-refractivity contribution is 0.0227. The predicted octanol–water partition coefficient (Wildman–Crippen LogP) is 1.60. The molecule has 5 heteroatoms. The van der Waals surface area contributed by atoms with Crippen molar-refractivity contribution in [3.05, 3.63) is 36.2 Å². The molecule has 0 radical (unpaired) electrons. The zero-order valence-corrected chi connectivity index (χ0v) is 9.99. The summed E-state index contributed by atoms with van der Waals surface area (Å²) in [5.74, 6) is 0. The van der Waals surface area contributed by atoms with Crippen molar-refractivity contribution in [2.45, 2.75) is 18.4 Å². The van der Waals surface area contributed by atoms with Crippen molar-refractivity contribution in [2.75, 3.05) is 13.1 Å². The SMILES string of the molecule is O=C(O)N1CCC(O)(C=Cc2cccnc2)CC1. The van der Waals surface area contributed by atoms with E-state index in [0.29, 0.717) is 25.9 Å². The average Bonchev–Trinajstić information content (AvgIpc) is 2.38. The third-order valence-electron chi connectivity index (χ3n) is 3.17. The number of aliphatic hydroxyl groups is 1. The lowest BCUT2D eigenvalue weighted by atomic mass is 9.91. The third-order valence-corrected chi connectivity index (χ3v) is 3.17. The first-order valence-electron chi connectivity index (χ1n) is 5.89. The molecule has 5 nitrogen and oxygen atoms in total. The van der Waals surface area contributed by atoms with Crippen LogP contribution in [0.2, 0.25) is 0 Å². The second kappa shape index (κ2) is 5.18. The second-order valence-corrected chi connectivity index (χ2v) is 4.49. The van der Waals surface area contributed by atoms with Crippen molar-refractivity contribution in [1.82, 2.24) is 9.88 Å². The Bertz CT molecular complexity index is 437. The Hall–Kier alpha value is -1.88. The van der Waals surface area contributed by atoms with E-state index in [1.54, 1.807) is 18.5 Å². The standard InChI is InChI=1S/C13H16N2O3/c16-12(17)15-8-5-13(18,6-9-15)4-3-11-2-1-7-14-10-11/h1-4,7,10,18H,5-6,8-9H2,(H,16,17). The summed E-state index contributed by atoms with van der Waals surface area (Å²) in [6, 6.07) is 3.73. The van der Waals surface area contributed by atoms with Crippen LogP contribution in [0, 0.1) is 0 Å². The number of pyridine rings is 1. The Balaban J connectivity index is 1.98.